The molecule has 3 aromatic carbocycles. The molecule has 1 aliphatic heterocycles. The zero-order valence-electron chi connectivity index (χ0n) is 16.0. The summed E-state index contributed by atoms with van der Waals surface area (Å²) in [5.74, 6) is 0.701. The molecule has 0 saturated carbocycles. The lowest BCUT2D eigenvalue weighted by Gasteiger charge is -2.36. The van der Waals surface area contributed by atoms with E-state index >= 15 is 0 Å². The predicted molar refractivity (Wildman–Crippen MR) is 114 cm³/mol. The second kappa shape index (κ2) is 7.47. The molecule has 1 N–H and O–H groups in total. The number of H-pyrrole nitrogens is 1. The Kier molecular flexibility index (Phi) is 4.53. The number of hydrogen-bond acceptors (Lipinski definition) is 2. The summed E-state index contributed by atoms with van der Waals surface area (Å²) in [6, 6.07) is 27.9. The normalized spacial score (nSPS) is 15.9. The quantitative estimate of drug-likeness (QED) is 0.555. The summed E-state index contributed by atoms with van der Waals surface area (Å²) in [4.78, 5) is 18.7. The van der Waals surface area contributed by atoms with Crippen LogP contribution in [0.2, 0.25) is 0 Å². The molecule has 29 heavy (non-hydrogen) atoms. The zero-order chi connectivity index (χ0) is 19.6. The number of nitrogens with one attached hydrogen (secondary N) is 1. The SMILES string of the molecule is O=C(COc1ccccc1)N1CCc2c([nH]c3ccccc23)C1c1ccccc1. The number of aromatic nitrogens is 1. The van der Waals surface area contributed by atoms with E-state index in [2.05, 4.69) is 35.3 Å². The monoisotopic (exact) mass is 382 g/mol. The zero-order valence-corrected chi connectivity index (χ0v) is 16.0. The number of aromatic amines is 1. The Labute approximate surface area is 169 Å². The van der Waals surface area contributed by atoms with Crippen LogP contribution in [0.5, 0.6) is 5.75 Å². The number of hydrogen-bond donors (Lipinski definition) is 1. The third-order valence-corrected chi connectivity index (χ3v) is 5.58. The molecule has 0 radical (unpaired) electrons. The van der Waals surface area contributed by atoms with Crippen LogP contribution in [0.3, 0.4) is 0 Å². The van der Waals surface area contributed by atoms with Crippen LogP contribution in [0.1, 0.15) is 22.9 Å². The number of benzene rings is 3. The number of fused-ring (bicyclic) bond motifs is 3. The van der Waals surface area contributed by atoms with Crippen LogP contribution in [0.4, 0.5) is 0 Å². The van der Waals surface area contributed by atoms with Crippen molar-refractivity contribution in [2.45, 2.75) is 12.5 Å². The molecule has 0 aliphatic carbocycles. The fourth-order valence-electron chi connectivity index (χ4n) is 4.24. The highest BCUT2D eigenvalue weighted by atomic mass is 16.5. The van der Waals surface area contributed by atoms with Gasteiger partial charge in [-0.05, 0) is 35.7 Å². The van der Waals surface area contributed by atoms with E-state index in [9.17, 15) is 4.79 Å². The smallest absolute Gasteiger partial charge is 0.261 e. The van der Waals surface area contributed by atoms with Crippen molar-refractivity contribution in [1.29, 1.82) is 0 Å². The van der Waals surface area contributed by atoms with Gasteiger partial charge in [0.25, 0.3) is 5.91 Å². The third kappa shape index (κ3) is 3.27. The Morgan fingerprint density at radius 1 is 0.931 bits per heavy atom. The highest BCUT2D eigenvalue weighted by molar-refractivity contribution is 5.86. The van der Waals surface area contributed by atoms with Crippen molar-refractivity contribution >= 4 is 16.8 Å². The van der Waals surface area contributed by atoms with Crippen LogP contribution in [0.15, 0.2) is 84.9 Å². The van der Waals surface area contributed by atoms with Gasteiger partial charge >= 0.3 is 0 Å². The van der Waals surface area contributed by atoms with Crippen LogP contribution in [-0.2, 0) is 11.2 Å². The second-order valence-electron chi connectivity index (χ2n) is 7.31. The predicted octanol–water partition coefficient (Wildman–Crippen LogP) is 4.72. The standard InChI is InChI=1S/C25H22N2O2/c28-23(17-29-19-11-5-2-6-12-19)27-16-15-21-20-13-7-8-14-22(20)26-24(21)25(27)18-9-3-1-4-10-18/h1-14,25-26H,15-17H2. The summed E-state index contributed by atoms with van der Waals surface area (Å²) in [5, 5.41) is 1.25. The molecule has 0 spiro atoms. The molecule has 4 heteroatoms. The fourth-order valence-corrected chi connectivity index (χ4v) is 4.24. The molecule has 1 aliphatic rings. The van der Waals surface area contributed by atoms with Crippen molar-refractivity contribution < 1.29 is 9.53 Å². The van der Waals surface area contributed by atoms with E-state index in [-0.39, 0.29) is 18.6 Å². The molecule has 0 fully saturated rings. The molecule has 2 heterocycles. The minimum Gasteiger partial charge on any atom is -0.484 e. The Morgan fingerprint density at radius 3 is 2.41 bits per heavy atom. The van der Waals surface area contributed by atoms with Gasteiger partial charge < -0.3 is 14.6 Å². The lowest BCUT2D eigenvalue weighted by molar-refractivity contribution is -0.135. The van der Waals surface area contributed by atoms with Crippen LogP contribution in [0, 0.1) is 0 Å². The van der Waals surface area contributed by atoms with E-state index in [1.54, 1.807) is 0 Å². The van der Waals surface area contributed by atoms with Crippen molar-refractivity contribution in [3.8, 4) is 5.75 Å². The first kappa shape index (κ1) is 17.6. The average molecular weight is 382 g/mol. The van der Waals surface area contributed by atoms with Crippen LogP contribution in [0.25, 0.3) is 10.9 Å². The van der Waals surface area contributed by atoms with Crippen LogP contribution < -0.4 is 4.74 Å². The Balaban J connectivity index is 1.50. The minimum absolute atomic E-state index is 0.00740. The van der Waals surface area contributed by atoms with Crippen molar-refractivity contribution in [3.05, 3.63) is 102 Å². The van der Waals surface area contributed by atoms with Gasteiger partial charge in [0.2, 0.25) is 0 Å². The number of amides is 1. The first-order chi connectivity index (χ1) is 14.3. The fraction of sp³-hybridized carbons (Fsp3) is 0.160. The van der Waals surface area contributed by atoms with Crippen LogP contribution >= 0.6 is 0 Å². The van der Waals surface area contributed by atoms with Crippen molar-refractivity contribution in [2.24, 2.45) is 0 Å². The van der Waals surface area contributed by atoms with Crippen molar-refractivity contribution in [1.82, 2.24) is 9.88 Å². The topological polar surface area (TPSA) is 45.3 Å². The molecule has 1 atom stereocenters. The minimum atomic E-state index is -0.140. The summed E-state index contributed by atoms with van der Waals surface area (Å²) in [7, 11) is 0. The van der Waals surface area contributed by atoms with E-state index in [1.807, 2.05) is 59.5 Å². The maximum absolute atomic E-state index is 13.2. The van der Waals surface area contributed by atoms with Gasteiger partial charge in [-0.25, -0.2) is 0 Å². The van der Waals surface area contributed by atoms with Crippen LogP contribution in [-0.4, -0.2) is 28.9 Å². The third-order valence-electron chi connectivity index (χ3n) is 5.58. The molecule has 4 aromatic rings. The summed E-state index contributed by atoms with van der Waals surface area (Å²) in [6.07, 6.45) is 0.833. The number of ether oxygens (including phenoxy) is 1. The summed E-state index contributed by atoms with van der Waals surface area (Å²) < 4.78 is 5.75. The first-order valence-corrected chi connectivity index (χ1v) is 9.93. The first-order valence-electron chi connectivity index (χ1n) is 9.93. The van der Waals surface area contributed by atoms with Gasteiger partial charge in [0, 0.05) is 23.1 Å². The van der Waals surface area contributed by atoms with Gasteiger partial charge in [-0.15, -0.1) is 0 Å². The average Bonchev–Trinajstić information content (AvgIpc) is 3.17. The van der Waals surface area contributed by atoms with E-state index in [4.69, 9.17) is 4.74 Å². The van der Waals surface area contributed by atoms with Gasteiger partial charge in [0.15, 0.2) is 6.61 Å². The summed E-state index contributed by atoms with van der Waals surface area (Å²) in [6.45, 7) is 0.703. The van der Waals surface area contributed by atoms with Gasteiger partial charge in [-0.2, -0.15) is 0 Å². The van der Waals surface area contributed by atoms with Gasteiger partial charge in [0.1, 0.15) is 5.75 Å². The number of carbonyl (C=O) groups excluding carboxylic acids is 1. The van der Waals surface area contributed by atoms with Gasteiger partial charge in [-0.1, -0.05) is 66.7 Å². The number of para-hydroxylation sites is 2. The van der Waals surface area contributed by atoms with Gasteiger partial charge in [-0.3, -0.25) is 4.79 Å². The Bertz CT molecular complexity index is 1140. The lowest BCUT2D eigenvalue weighted by atomic mass is 9.92. The maximum atomic E-state index is 13.2. The summed E-state index contributed by atoms with van der Waals surface area (Å²) in [5.41, 5.74) is 4.64. The molecule has 4 nitrogen and oxygen atoms in total. The maximum Gasteiger partial charge on any atom is 0.261 e. The van der Waals surface area contributed by atoms with E-state index < -0.39 is 0 Å². The molecule has 144 valence electrons. The molecular weight excluding hydrogens is 360 g/mol. The van der Waals surface area contributed by atoms with Crippen molar-refractivity contribution in [2.75, 3.05) is 13.2 Å². The molecule has 1 aromatic heterocycles. The van der Waals surface area contributed by atoms with Gasteiger partial charge in [0.05, 0.1) is 6.04 Å². The molecule has 5 rings (SSSR count). The Morgan fingerprint density at radius 2 is 1.62 bits per heavy atom. The molecule has 1 amide bonds. The second-order valence-corrected chi connectivity index (χ2v) is 7.31. The lowest BCUT2D eigenvalue weighted by Crippen LogP contribution is -2.42. The highest BCUT2D eigenvalue weighted by Gasteiger charge is 2.34. The number of carbonyl (C=O) groups is 1. The molecule has 0 bridgehead atoms. The van der Waals surface area contributed by atoms with E-state index in [0.717, 1.165) is 23.2 Å². The highest BCUT2D eigenvalue weighted by Crippen LogP contribution is 2.38. The van der Waals surface area contributed by atoms with Crippen molar-refractivity contribution in [3.63, 3.8) is 0 Å². The van der Waals surface area contributed by atoms with E-state index in [1.165, 1.54) is 10.9 Å². The molecular formula is C25H22N2O2. The largest absolute Gasteiger partial charge is 0.484 e. The number of nitrogens with zero attached hydrogens (tertiary/aromatic N) is 1. The Hall–Kier alpha value is -3.53. The number of rotatable bonds is 4. The molecule has 1 unspecified atom stereocenters. The van der Waals surface area contributed by atoms with E-state index in [0.29, 0.717) is 12.3 Å². The molecule has 0 saturated heterocycles. The summed E-state index contributed by atoms with van der Waals surface area (Å²) >= 11 is 0.